The lowest BCUT2D eigenvalue weighted by Crippen LogP contribution is -2.31. The van der Waals surface area contributed by atoms with Gasteiger partial charge in [0.15, 0.2) is 6.29 Å². The van der Waals surface area contributed by atoms with Crippen LogP contribution in [0.2, 0.25) is 0 Å². The highest BCUT2D eigenvalue weighted by Gasteiger charge is 2.29. The van der Waals surface area contributed by atoms with Gasteiger partial charge in [0.25, 0.3) is 0 Å². The first-order valence-corrected chi connectivity index (χ1v) is 10.9. The lowest BCUT2D eigenvalue weighted by Gasteiger charge is -2.33. The molecule has 3 atom stereocenters. The molecule has 9 heteroatoms. The van der Waals surface area contributed by atoms with Crippen molar-refractivity contribution in [2.24, 2.45) is 0 Å². The van der Waals surface area contributed by atoms with Crippen molar-refractivity contribution < 1.29 is 27.8 Å². The van der Waals surface area contributed by atoms with E-state index in [1.807, 2.05) is 13.1 Å². The van der Waals surface area contributed by atoms with Crippen LogP contribution in [0.4, 0.5) is 18.9 Å². The molecule has 1 aliphatic heterocycles. The van der Waals surface area contributed by atoms with Crippen molar-refractivity contribution in [2.75, 3.05) is 12.4 Å². The molecule has 0 spiro atoms. The molecule has 0 radical (unpaired) electrons. The third kappa shape index (κ3) is 5.98. The number of ether oxygens (including phenoxy) is 1. The van der Waals surface area contributed by atoms with Gasteiger partial charge in [-0.15, -0.1) is 0 Å². The molecule has 0 saturated carbocycles. The fraction of sp³-hybridized carbons (Fsp3) is 0.320. The molecule has 1 fully saturated rings. The van der Waals surface area contributed by atoms with E-state index in [9.17, 15) is 23.1 Å². The van der Waals surface area contributed by atoms with Crippen LogP contribution in [0.3, 0.4) is 0 Å². The number of aliphatic hydroxyl groups is 1. The largest absolute Gasteiger partial charge is 0.393 e. The Hall–Kier alpha value is -3.30. The lowest BCUT2D eigenvalue weighted by atomic mass is 9.95. The number of rotatable bonds is 5. The number of nitrogens with one attached hydrogen (secondary N) is 1. The van der Waals surface area contributed by atoms with Crippen LogP contribution in [0, 0.1) is 17.5 Å². The highest BCUT2D eigenvalue weighted by atomic mass is 19.1. The molecule has 0 amide bonds. The van der Waals surface area contributed by atoms with Crippen LogP contribution in [0.5, 0.6) is 0 Å². The van der Waals surface area contributed by atoms with Crippen LogP contribution in [-0.2, 0) is 4.74 Å². The summed E-state index contributed by atoms with van der Waals surface area (Å²) in [5, 5.41) is 13.0. The number of nitrogens with zero attached hydrogens (tertiary/aromatic N) is 2. The summed E-state index contributed by atoms with van der Waals surface area (Å²) in [6.07, 6.45) is 6.13. The molecule has 0 aliphatic carbocycles. The summed E-state index contributed by atoms with van der Waals surface area (Å²) in [5.41, 5.74) is 0.879. The van der Waals surface area contributed by atoms with Crippen LogP contribution < -0.4 is 5.32 Å². The number of aromatic nitrogens is 2. The molecule has 180 valence electrons. The Morgan fingerprint density at radius 1 is 1.12 bits per heavy atom. The zero-order valence-electron chi connectivity index (χ0n) is 18.8. The van der Waals surface area contributed by atoms with Crippen molar-refractivity contribution in [1.29, 1.82) is 0 Å². The first-order valence-electron chi connectivity index (χ1n) is 10.9. The van der Waals surface area contributed by atoms with Gasteiger partial charge in [0.05, 0.1) is 35.8 Å². The number of anilines is 1. The molecule has 0 bridgehead atoms. The molecule has 1 aliphatic rings. The van der Waals surface area contributed by atoms with E-state index in [1.165, 1.54) is 0 Å². The maximum absolute atomic E-state index is 13.4. The van der Waals surface area contributed by atoms with Gasteiger partial charge in [-0.25, -0.2) is 18.2 Å². The normalized spacial score (nSPS) is 19.6. The topological polar surface area (TPSA) is 84.3 Å². The summed E-state index contributed by atoms with van der Waals surface area (Å²) >= 11 is 0. The Balaban J connectivity index is 0.000000191. The predicted octanol–water partition coefficient (Wildman–Crippen LogP) is 5.09. The number of benzene rings is 1. The molecule has 2 aromatic heterocycles. The van der Waals surface area contributed by atoms with E-state index >= 15 is 0 Å². The maximum atomic E-state index is 13.4. The Labute approximate surface area is 195 Å². The van der Waals surface area contributed by atoms with Gasteiger partial charge >= 0.3 is 0 Å². The number of hydrogen-bond donors (Lipinski definition) is 2. The third-order valence-corrected chi connectivity index (χ3v) is 5.49. The minimum absolute atomic E-state index is 0.0332. The standard InChI is InChI=1S/C13H20N2O2.C12H6F3NO/c1-3-10-6-9(16)7-13(17-10)11-4-5-15-8-12(11)14-2;13-8-2-1-3-9(14)11(8)12-10(15)5-4-7(6-17)16-12/h4-5,8-10,13-14,16H,3,6-7H2,1-2H3;1-6H. The quantitative estimate of drug-likeness (QED) is 0.502. The molecule has 2 N–H and O–H groups in total. The third-order valence-electron chi connectivity index (χ3n) is 5.49. The second kappa shape index (κ2) is 11.7. The number of hydrogen-bond acceptors (Lipinski definition) is 6. The number of carbonyl (C=O) groups is 1. The van der Waals surface area contributed by atoms with Crippen LogP contribution in [0.1, 0.15) is 48.3 Å². The molecule has 3 unspecified atom stereocenters. The summed E-state index contributed by atoms with van der Waals surface area (Å²) in [6.45, 7) is 2.09. The first kappa shape index (κ1) is 25.3. The zero-order chi connectivity index (χ0) is 24.7. The number of aliphatic hydroxyl groups excluding tert-OH is 1. The van der Waals surface area contributed by atoms with E-state index < -0.39 is 28.7 Å². The lowest BCUT2D eigenvalue weighted by molar-refractivity contribution is -0.0980. The SMILES string of the molecule is CCC1CC(O)CC(c2ccncc2NC)O1.O=Cc1ccc(F)c(-c2c(F)cccc2F)n1. The van der Waals surface area contributed by atoms with Crippen LogP contribution in [0.25, 0.3) is 11.3 Å². The summed E-state index contributed by atoms with van der Waals surface area (Å²) in [6, 6.07) is 7.18. The highest BCUT2D eigenvalue weighted by Crippen LogP contribution is 2.35. The summed E-state index contributed by atoms with van der Waals surface area (Å²) in [4.78, 5) is 18.1. The number of aldehydes is 1. The van der Waals surface area contributed by atoms with Crippen molar-refractivity contribution in [3.05, 3.63) is 77.5 Å². The van der Waals surface area contributed by atoms with E-state index in [4.69, 9.17) is 4.74 Å². The second-order valence-electron chi connectivity index (χ2n) is 7.77. The molecule has 3 aromatic rings. The monoisotopic (exact) mass is 473 g/mol. The Morgan fingerprint density at radius 2 is 1.85 bits per heavy atom. The van der Waals surface area contributed by atoms with Crippen molar-refractivity contribution >= 4 is 12.0 Å². The van der Waals surface area contributed by atoms with Crippen molar-refractivity contribution in [3.63, 3.8) is 0 Å². The number of carbonyl (C=O) groups excluding carboxylic acids is 1. The van der Waals surface area contributed by atoms with E-state index in [0.717, 1.165) is 54.4 Å². The average molecular weight is 473 g/mol. The van der Waals surface area contributed by atoms with Crippen molar-refractivity contribution in [3.8, 4) is 11.3 Å². The van der Waals surface area contributed by atoms with Gasteiger partial charge < -0.3 is 15.2 Å². The predicted molar refractivity (Wildman–Crippen MR) is 122 cm³/mol. The number of pyridine rings is 2. The van der Waals surface area contributed by atoms with Gasteiger partial charge in [0.1, 0.15) is 28.8 Å². The molecule has 1 saturated heterocycles. The average Bonchev–Trinajstić information content (AvgIpc) is 2.85. The highest BCUT2D eigenvalue weighted by molar-refractivity contribution is 5.74. The zero-order valence-corrected chi connectivity index (χ0v) is 18.8. The maximum Gasteiger partial charge on any atom is 0.168 e. The molecular weight excluding hydrogens is 447 g/mol. The van der Waals surface area contributed by atoms with Crippen LogP contribution >= 0.6 is 0 Å². The molecule has 34 heavy (non-hydrogen) atoms. The van der Waals surface area contributed by atoms with Gasteiger partial charge in [0, 0.05) is 25.2 Å². The van der Waals surface area contributed by atoms with Gasteiger partial charge in [0.2, 0.25) is 0 Å². The molecule has 1 aromatic carbocycles. The molecule has 3 heterocycles. The van der Waals surface area contributed by atoms with Gasteiger partial charge in [-0.3, -0.25) is 9.78 Å². The summed E-state index contributed by atoms with van der Waals surface area (Å²) < 4.78 is 46.3. The van der Waals surface area contributed by atoms with E-state index in [0.29, 0.717) is 12.7 Å². The fourth-order valence-corrected chi connectivity index (χ4v) is 3.77. The minimum Gasteiger partial charge on any atom is -0.393 e. The first-order chi connectivity index (χ1) is 16.4. The molecular formula is C25H26F3N3O3. The fourth-order valence-electron chi connectivity index (χ4n) is 3.77. The summed E-state index contributed by atoms with van der Waals surface area (Å²) in [7, 11) is 1.87. The van der Waals surface area contributed by atoms with Crippen molar-refractivity contribution in [1.82, 2.24) is 9.97 Å². The minimum atomic E-state index is -0.931. The van der Waals surface area contributed by atoms with Crippen LogP contribution in [0.15, 0.2) is 48.8 Å². The van der Waals surface area contributed by atoms with E-state index in [1.54, 1.807) is 12.4 Å². The van der Waals surface area contributed by atoms with Crippen LogP contribution in [-0.4, -0.2) is 40.6 Å². The molecule has 6 nitrogen and oxygen atoms in total. The number of halogens is 3. The smallest absolute Gasteiger partial charge is 0.168 e. The Bertz CT molecular complexity index is 1110. The Morgan fingerprint density at radius 3 is 2.50 bits per heavy atom. The van der Waals surface area contributed by atoms with Gasteiger partial charge in [-0.05, 0) is 43.2 Å². The van der Waals surface area contributed by atoms with Crippen molar-refractivity contribution in [2.45, 2.75) is 44.5 Å². The van der Waals surface area contributed by atoms with E-state index in [-0.39, 0.29) is 24.0 Å². The second-order valence-corrected chi connectivity index (χ2v) is 7.77. The molecule has 4 rings (SSSR count). The van der Waals surface area contributed by atoms with Gasteiger partial charge in [-0.1, -0.05) is 13.0 Å². The van der Waals surface area contributed by atoms with E-state index in [2.05, 4.69) is 22.2 Å². The van der Waals surface area contributed by atoms with Gasteiger partial charge in [-0.2, -0.15) is 0 Å². The summed E-state index contributed by atoms with van der Waals surface area (Å²) in [5.74, 6) is -2.75. The Kier molecular flexibility index (Phi) is 8.72.